The minimum atomic E-state index is -3.43. The Morgan fingerprint density at radius 2 is 2.05 bits per heavy atom. The van der Waals surface area contributed by atoms with Gasteiger partial charge in [-0.15, -0.1) is 0 Å². The number of carboxylic acid groups (broad SMARTS) is 1. The first kappa shape index (κ1) is 14.7. The van der Waals surface area contributed by atoms with Gasteiger partial charge in [0.05, 0.1) is 11.7 Å². The van der Waals surface area contributed by atoms with Gasteiger partial charge >= 0.3 is 5.97 Å². The van der Waals surface area contributed by atoms with Gasteiger partial charge in [-0.1, -0.05) is 12.2 Å². The monoisotopic (exact) mass is 296 g/mol. The zero-order valence-electron chi connectivity index (χ0n) is 10.8. The number of carbonyl (C=O) groups is 1. The lowest BCUT2D eigenvalue weighted by atomic mass is 10.1. The number of hydrogen-bond donors (Lipinski definition) is 2. The zero-order chi connectivity index (χ0) is 14.6. The lowest BCUT2D eigenvalue weighted by Crippen LogP contribution is -2.35. The molecule has 0 aromatic carbocycles. The highest BCUT2D eigenvalue weighted by atomic mass is 32.2. The predicted molar refractivity (Wildman–Crippen MR) is 73.5 cm³/mol. The van der Waals surface area contributed by atoms with Gasteiger partial charge in [0.2, 0.25) is 10.0 Å². The maximum Gasteiger partial charge on any atom is 0.310 e. The number of aryl methyl sites for hydroxylation is 1. The van der Waals surface area contributed by atoms with Crippen molar-refractivity contribution in [3.8, 4) is 0 Å². The molecular formula is C13H16N2O4S. The summed E-state index contributed by atoms with van der Waals surface area (Å²) >= 11 is 0. The summed E-state index contributed by atoms with van der Waals surface area (Å²) in [6.07, 6.45) is 7.03. The highest BCUT2D eigenvalue weighted by molar-refractivity contribution is 7.89. The number of sulfonamides is 1. The molecule has 1 aromatic rings. The van der Waals surface area contributed by atoms with E-state index < -0.39 is 28.0 Å². The van der Waals surface area contributed by atoms with Crippen LogP contribution in [0.4, 0.5) is 0 Å². The van der Waals surface area contributed by atoms with E-state index in [1.165, 1.54) is 6.08 Å². The minimum Gasteiger partial charge on any atom is -0.481 e. The lowest BCUT2D eigenvalue weighted by molar-refractivity contribution is -0.140. The molecule has 1 aliphatic carbocycles. The molecule has 0 amide bonds. The van der Waals surface area contributed by atoms with Crippen LogP contribution >= 0.6 is 0 Å². The summed E-state index contributed by atoms with van der Waals surface area (Å²) in [6, 6.07) is 3.11. The first-order valence-corrected chi connectivity index (χ1v) is 7.91. The smallest absolute Gasteiger partial charge is 0.310 e. The van der Waals surface area contributed by atoms with Crippen LogP contribution in [0.5, 0.6) is 0 Å². The van der Waals surface area contributed by atoms with Crippen molar-refractivity contribution >= 4 is 16.0 Å². The summed E-state index contributed by atoms with van der Waals surface area (Å²) in [6.45, 7) is 0. The van der Waals surface area contributed by atoms with Gasteiger partial charge in [-0.25, -0.2) is 13.1 Å². The Balaban J connectivity index is 1.86. The van der Waals surface area contributed by atoms with Crippen molar-refractivity contribution < 1.29 is 18.3 Å². The van der Waals surface area contributed by atoms with Crippen molar-refractivity contribution in [2.45, 2.75) is 18.9 Å². The third kappa shape index (κ3) is 4.14. The van der Waals surface area contributed by atoms with Crippen molar-refractivity contribution in [2.24, 2.45) is 5.92 Å². The third-order valence-electron chi connectivity index (χ3n) is 3.14. The molecule has 0 saturated carbocycles. The van der Waals surface area contributed by atoms with Crippen LogP contribution in [0.1, 0.15) is 12.0 Å². The molecule has 2 unspecified atom stereocenters. The Labute approximate surface area is 117 Å². The SMILES string of the molecule is O=C(O)C1C=CC(NS(=O)(=O)CCc2ccncc2)C1. The van der Waals surface area contributed by atoms with Crippen LogP contribution < -0.4 is 4.72 Å². The average Bonchev–Trinajstić information content (AvgIpc) is 2.86. The normalized spacial score (nSPS) is 22.0. The van der Waals surface area contributed by atoms with Gasteiger partial charge in [-0.2, -0.15) is 0 Å². The minimum absolute atomic E-state index is 0.0287. The van der Waals surface area contributed by atoms with Gasteiger partial charge in [-0.3, -0.25) is 9.78 Å². The standard InChI is InChI=1S/C13H16N2O4S/c16-13(17)11-1-2-12(9-11)15-20(18,19)8-5-10-3-6-14-7-4-10/h1-4,6-7,11-12,15H,5,8-9H2,(H,16,17). The fourth-order valence-corrected chi connectivity index (χ4v) is 3.32. The summed E-state index contributed by atoms with van der Waals surface area (Å²) in [4.78, 5) is 14.7. The maximum atomic E-state index is 11.9. The average molecular weight is 296 g/mol. The van der Waals surface area contributed by atoms with Crippen LogP contribution in [0.2, 0.25) is 0 Å². The van der Waals surface area contributed by atoms with E-state index in [4.69, 9.17) is 5.11 Å². The Bertz CT molecular complexity index is 598. The highest BCUT2D eigenvalue weighted by Crippen LogP contribution is 2.18. The van der Waals surface area contributed by atoms with Crippen LogP contribution in [-0.4, -0.2) is 36.3 Å². The number of carboxylic acids is 1. The van der Waals surface area contributed by atoms with Crippen molar-refractivity contribution in [3.05, 3.63) is 42.2 Å². The van der Waals surface area contributed by atoms with Crippen LogP contribution in [0.3, 0.4) is 0 Å². The number of nitrogens with one attached hydrogen (secondary N) is 1. The molecular weight excluding hydrogens is 280 g/mol. The van der Waals surface area contributed by atoms with Crippen LogP contribution in [0.15, 0.2) is 36.7 Å². The summed E-state index contributed by atoms with van der Waals surface area (Å²) in [5.41, 5.74) is 0.899. The molecule has 6 nitrogen and oxygen atoms in total. The molecule has 108 valence electrons. The summed E-state index contributed by atoms with van der Waals surface area (Å²) in [5.74, 6) is -1.57. The molecule has 7 heteroatoms. The van der Waals surface area contributed by atoms with E-state index in [1.54, 1.807) is 30.6 Å². The molecule has 0 radical (unpaired) electrons. The third-order valence-corrected chi connectivity index (χ3v) is 4.54. The lowest BCUT2D eigenvalue weighted by Gasteiger charge is -2.12. The van der Waals surface area contributed by atoms with E-state index >= 15 is 0 Å². The van der Waals surface area contributed by atoms with Crippen LogP contribution in [0, 0.1) is 5.92 Å². The first-order chi connectivity index (χ1) is 9.46. The molecule has 1 heterocycles. The molecule has 1 aromatic heterocycles. The number of pyridine rings is 1. The van der Waals surface area contributed by atoms with Gasteiger partial charge in [0.1, 0.15) is 0 Å². The molecule has 2 rings (SSSR count). The first-order valence-electron chi connectivity index (χ1n) is 6.26. The molecule has 0 saturated heterocycles. The van der Waals surface area contributed by atoms with E-state index in [0.717, 1.165) is 5.56 Å². The number of nitrogens with zero attached hydrogens (tertiary/aromatic N) is 1. The van der Waals surface area contributed by atoms with Gasteiger partial charge < -0.3 is 5.11 Å². The molecule has 2 N–H and O–H groups in total. The maximum absolute atomic E-state index is 11.9. The van der Waals surface area contributed by atoms with Crippen LogP contribution in [0.25, 0.3) is 0 Å². The van der Waals surface area contributed by atoms with Crippen LogP contribution in [-0.2, 0) is 21.2 Å². The quantitative estimate of drug-likeness (QED) is 0.748. The topological polar surface area (TPSA) is 96.4 Å². The van der Waals surface area contributed by atoms with Gasteiger partial charge in [0.25, 0.3) is 0 Å². The molecule has 0 fully saturated rings. The Morgan fingerprint density at radius 1 is 1.35 bits per heavy atom. The Hall–Kier alpha value is -1.73. The number of rotatable bonds is 6. The largest absolute Gasteiger partial charge is 0.481 e. The van der Waals surface area contributed by atoms with Gasteiger partial charge in [-0.05, 0) is 30.5 Å². The predicted octanol–water partition coefficient (Wildman–Crippen LogP) is 0.573. The second-order valence-corrected chi connectivity index (χ2v) is 6.59. The molecule has 1 aliphatic rings. The van der Waals surface area contributed by atoms with E-state index in [1.807, 2.05) is 0 Å². The van der Waals surface area contributed by atoms with Crippen molar-refractivity contribution in [1.82, 2.24) is 9.71 Å². The molecule has 0 aliphatic heterocycles. The van der Waals surface area contributed by atoms with Crippen molar-refractivity contribution in [3.63, 3.8) is 0 Å². The zero-order valence-corrected chi connectivity index (χ0v) is 11.6. The van der Waals surface area contributed by atoms with E-state index in [-0.39, 0.29) is 12.2 Å². The number of aromatic nitrogens is 1. The summed E-state index contributed by atoms with van der Waals surface area (Å²) < 4.78 is 26.4. The second-order valence-electron chi connectivity index (χ2n) is 4.71. The molecule has 20 heavy (non-hydrogen) atoms. The highest BCUT2D eigenvalue weighted by Gasteiger charge is 2.27. The van der Waals surface area contributed by atoms with E-state index in [0.29, 0.717) is 6.42 Å². The molecule has 0 bridgehead atoms. The van der Waals surface area contributed by atoms with Crippen molar-refractivity contribution in [1.29, 1.82) is 0 Å². The fraction of sp³-hybridized carbons (Fsp3) is 0.385. The molecule has 2 atom stereocenters. The van der Waals surface area contributed by atoms with E-state index in [9.17, 15) is 13.2 Å². The van der Waals surface area contributed by atoms with Gasteiger partial charge in [0.15, 0.2) is 0 Å². The Morgan fingerprint density at radius 3 is 2.65 bits per heavy atom. The number of aliphatic carboxylic acids is 1. The second kappa shape index (κ2) is 6.15. The fourth-order valence-electron chi connectivity index (χ4n) is 2.06. The number of hydrogen-bond acceptors (Lipinski definition) is 4. The summed E-state index contributed by atoms with van der Waals surface area (Å²) in [5, 5.41) is 8.85. The van der Waals surface area contributed by atoms with Gasteiger partial charge in [0, 0.05) is 18.4 Å². The molecule has 0 spiro atoms. The summed E-state index contributed by atoms with van der Waals surface area (Å²) in [7, 11) is -3.43. The Kier molecular flexibility index (Phi) is 4.51. The van der Waals surface area contributed by atoms with E-state index in [2.05, 4.69) is 9.71 Å². The van der Waals surface area contributed by atoms with Crippen molar-refractivity contribution in [2.75, 3.05) is 5.75 Å².